The van der Waals surface area contributed by atoms with Gasteiger partial charge in [0, 0.05) is 11.3 Å². The topological polar surface area (TPSA) is 79.2 Å². The number of aryl methyl sites for hydroxylation is 1. The van der Waals surface area contributed by atoms with Crippen molar-refractivity contribution in [2.75, 3.05) is 17.7 Å². The van der Waals surface area contributed by atoms with Crippen LogP contribution in [0, 0.1) is 11.3 Å². The molecule has 0 aliphatic heterocycles. The van der Waals surface area contributed by atoms with Gasteiger partial charge < -0.3 is 10.1 Å². The molecule has 0 saturated carbocycles. The maximum atomic E-state index is 12.1. The zero-order chi connectivity index (χ0) is 21.3. The first-order valence-corrected chi connectivity index (χ1v) is 10.4. The summed E-state index contributed by atoms with van der Waals surface area (Å²) in [6.45, 7) is 6.14. The lowest BCUT2D eigenvalue weighted by Crippen LogP contribution is -2.21. The maximum absolute atomic E-state index is 12.1. The highest BCUT2D eigenvalue weighted by atomic mass is 32.2. The molecular weight excluding hydrogens is 384 g/mol. The number of carbonyl (C=O) groups excluding carboxylic acids is 2. The van der Waals surface area contributed by atoms with Crippen molar-refractivity contribution in [2.45, 2.75) is 43.9 Å². The van der Waals surface area contributed by atoms with E-state index in [1.54, 1.807) is 12.1 Å². The van der Waals surface area contributed by atoms with Gasteiger partial charge >= 0.3 is 5.97 Å². The number of anilines is 1. The molecule has 0 saturated heterocycles. The van der Waals surface area contributed by atoms with Crippen LogP contribution in [-0.2, 0) is 26.2 Å². The predicted octanol–water partition coefficient (Wildman–Crippen LogP) is 4.71. The number of nitrogens with one attached hydrogen (secondary N) is 1. The van der Waals surface area contributed by atoms with E-state index in [-0.39, 0.29) is 18.4 Å². The van der Waals surface area contributed by atoms with Crippen LogP contribution in [0.3, 0.4) is 0 Å². The van der Waals surface area contributed by atoms with E-state index in [9.17, 15) is 9.59 Å². The molecule has 0 heterocycles. The summed E-state index contributed by atoms with van der Waals surface area (Å²) in [5, 5.41) is 11.4. The fourth-order valence-electron chi connectivity index (χ4n) is 2.63. The van der Waals surface area contributed by atoms with Crippen molar-refractivity contribution in [1.82, 2.24) is 0 Å². The molecule has 0 aromatic heterocycles. The lowest BCUT2D eigenvalue weighted by molar-refractivity contribution is -0.147. The molecule has 2 rings (SSSR count). The van der Waals surface area contributed by atoms with Crippen molar-refractivity contribution in [3.63, 3.8) is 0 Å². The number of benzene rings is 2. The number of amides is 1. The standard InChI is InChI=1S/C23H26N2O3S/c1-23(2,3)18-11-8-17(9-12-18)10-13-22(27)28-16-21(26)25-19-6-4-5-7-20(19)29-15-14-24/h4-9,11-12H,10,13,15-16H2,1-3H3,(H,25,26). The van der Waals surface area contributed by atoms with Gasteiger partial charge in [-0.05, 0) is 35.1 Å². The number of esters is 1. The van der Waals surface area contributed by atoms with E-state index in [1.165, 1.54) is 17.3 Å². The summed E-state index contributed by atoms with van der Waals surface area (Å²) < 4.78 is 5.09. The molecule has 0 radical (unpaired) electrons. The second-order valence-corrected chi connectivity index (χ2v) is 8.62. The normalized spacial score (nSPS) is 10.8. The van der Waals surface area contributed by atoms with Gasteiger partial charge in [-0.2, -0.15) is 5.26 Å². The molecule has 5 nitrogen and oxygen atoms in total. The van der Waals surface area contributed by atoms with Crippen LogP contribution in [0.25, 0.3) is 0 Å². The molecule has 2 aromatic rings. The fourth-order valence-corrected chi connectivity index (χ4v) is 3.30. The molecule has 6 heteroatoms. The summed E-state index contributed by atoms with van der Waals surface area (Å²) in [7, 11) is 0. The van der Waals surface area contributed by atoms with E-state index in [0.29, 0.717) is 17.9 Å². The van der Waals surface area contributed by atoms with Crippen LogP contribution in [0.2, 0.25) is 0 Å². The van der Waals surface area contributed by atoms with E-state index in [0.717, 1.165) is 10.5 Å². The zero-order valence-electron chi connectivity index (χ0n) is 17.0. The molecule has 0 spiro atoms. The third-order valence-corrected chi connectivity index (χ3v) is 5.20. The van der Waals surface area contributed by atoms with Crippen molar-refractivity contribution >= 4 is 29.3 Å². The summed E-state index contributed by atoms with van der Waals surface area (Å²) in [5.41, 5.74) is 3.00. The van der Waals surface area contributed by atoms with Crippen LogP contribution in [-0.4, -0.2) is 24.2 Å². The van der Waals surface area contributed by atoms with E-state index >= 15 is 0 Å². The molecule has 0 atom stereocenters. The van der Waals surface area contributed by atoms with E-state index in [4.69, 9.17) is 10.00 Å². The third kappa shape index (κ3) is 7.63. The van der Waals surface area contributed by atoms with E-state index < -0.39 is 11.9 Å². The molecule has 152 valence electrons. The highest BCUT2D eigenvalue weighted by Crippen LogP contribution is 2.26. The zero-order valence-corrected chi connectivity index (χ0v) is 17.8. The lowest BCUT2D eigenvalue weighted by atomic mass is 9.86. The van der Waals surface area contributed by atoms with Crippen LogP contribution in [0.1, 0.15) is 38.3 Å². The maximum Gasteiger partial charge on any atom is 0.306 e. The molecule has 0 unspecified atom stereocenters. The highest BCUT2D eigenvalue weighted by molar-refractivity contribution is 7.99. The number of nitrogens with zero attached hydrogens (tertiary/aromatic N) is 1. The quantitative estimate of drug-likeness (QED) is 0.503. The van der Waals surface area contributed by atoms with Crippen LogP contribution < -0.4 is 5.32 Å². The second kappa shape index (κ2) is 10.7. The Hall–Kier alpha value is -2.78. The Morgan fingerprint density at radius 2 is 1.79 bits per heavy atom. The largest absolute Gasteiger partial charge is 0.456 e. The number of thioether (sulfide) groups is 1. The molecule has 0 aliphatic rings. The van der Waals surface area contributed by atoms with Gasteiger partial charge in [-0.25, -0.2) is 0 Å². The predicted molar refractivity (Wildman–Crippen MR) is 116 cm³/mol. The van der Waals surface area contributed by atoms with E-state index in [1.807, 2.05) is 24.3 Å². The molecule has 2 aromatic carbocycles. The molecule has 29 heavy (non-hydrogen) atoms. The van der Waals surface area contributed by atoms with Crippen molar-refractivity contribution in [1.29, 1.82) is 5.26 Å². The smallest absolute Gasteiger partial charge is 0.306 e. The number of carbonyl (C=O) groups is 2. The summed E-state index contributed by atoms with van der Waals surface area (Å²) >= 11 is 1.34. The molecule has 1 amide bonds. The SMILES string of the molecule is CC(C)(C)c1ccc(CCC(=O)OCC(=O)Nc2ccccc2SCC#N)cc1. The summed E-state index contributed by atoms with van der Waals surface area (Å²) in [6.07, 6.45) is 0.787. The Balaban J connectivity index is 1.78. The molecule has 0 fully saturated rings. The number of para-hydroxylation sites is 1. The minimum absolute atomic E-state index is 0.0938. The van der Waals surface area contributed by atoms with Crippen LogP contribution in [0.5, 0.6) is 0 Å². The average Bonchev–Trinajstić information content (AvgIpc) is 2.69. The van der Waals surface area contributed by atoms with Gasteiger partial charge in [-0.1, -0.05) is 57.2 Å². The van der Waals surface area contributed by atoms with Gasteiger partial charge in [0.25, 0.3) is 5.91 Å². The Morgan fingerprint density at radius 3 is 2.45 bits per heavy atom. The number of nitriles is 1. The monoisotopic (exact) mass is 410 g/mol. The highest BCUT2D eigenvalue weighted by Gasteiger charge is 2.14. The third-order valence-electron chi connectivity index (χ3n) is 4.26. The van der Waals surface area contributed by atoms with Crippen LogP contribution in [0.15, 0.2) is 53.4 Å². The van der Waals surface area contributed by atoms with Gasteiger partial charge in [0.1, 0.15) is 0 Å². The fraction of sp³-hybridized carbons (Fsp3) is 0.348. The number of rotatable bonds is 8. The average molecular weight is 411 g/mol. The number of hydrogen-bond donors (Lipinski definition) is 1. The Morgan fingerprint density at radius 1 is 1.10 bits per heavy atom. The van der Waals surface area contributed by atoms with Crippen molar-refractivity contribution in [2.24, 2.45) is 0 Å². The molecular formula is C23H26N2O3S. The Labute approximate surface area is 176 Å². The number of hydrogen-bond acceptors (Lipinski definition) is 5. The van der Waals surface area contributed by atoms with Gasteiger partial charge in [0.15, 0.2) is 6.61 Å². The summed E-state index contributed by atoms with van der Waals surface area (Å²) in [6, 6.07) is 17.5. The van der Waals surface area contributed by atoms with Gasteiger partial charge in [0.05, 0.1) is 17.5 Å². The molecule has 0 bridgehead atoms. The first-order chi connectivity index (χ1) is 13.8. The summed E-state index contributed by atoms with van der Waals surface area (Å²) in [5.74, 6) is -0.524. The van der Waals surface area contributed by atoms with E-state index in [2.05, 4.69) is 44.3 Å². The van der Waals surface area contributed by atoms with Crippen LogP contribution in [0.4, 0.5) is 5.69 Å². The van der Waals surface area contributed by atoms with Crippen molar-refractivity contribution in [3.8, 4) is 6.07 Å². The minimum atomic E-state index is -0.410. The van der Waals surface area contributed by atoms with Crippen molar-refractivity contribution in [3.05, 3.63) is 59.7 Å². The summed E-state index contributed by atoms with van der Waals surface area (Å²) in [4.78, 5) is 24.8. The van der Waals surface area contributed by atoms with Gasteiger partial charge in [-0.15, -0.1) is 11.8 Å². The molecule has 0 aliphatic carbocycles. The second-order valence-electron chi connectivity index (χ2n) is 7.60. The number of ether oxygens (including phenoxy) is 1. The first kappa shape index (κ1) is 22.5. The minimum Gasteiger partial charge on any atom is -0.456 e. The Bertz CT molecular complexity index is 880. The van der Waals surface area contributed by atoms with Gasteiger partial charge in [0.2, 0.25) is 0 Å². The van der Waals surface area contributed by atoms with Crippen LogP contribution >= 0.6 is 11.8 Å². The molecule has 1 N–H and O–H groups in total. The lowest BCUT2D eigenvalue weighted by Gasteiger charge is -2.19. The van der Waals surface area contributed by atoms with Gasteiger partial charge in [-0.3, -0.25) is 9.59 Å². The van der Waals surface area contributed by atoms with Crippen molar-refractivity contribution < 1.29 is 14.3 Å². The first-order valence-electron chi connectivity index (χ1n) is 9.43. The Kier molecular flexibility index (Phi) is 8.29.